The van der Waals surface area contributed by atoms with E-state index in [2.05, 4.69) is 4.98 Å². The van der Waals surface area contributed by atoms with Crippen LogP contribution < -0.4 is 9.64 Å². The first-order valence-corrected chi connectivity index (χ1v) is 8.76. The van der Waals surface area contributed by atoms with Gasteiger partial charge >= 0.3 is 6.18 Å². The van der Waals surface area contributed by atoms with Crippen molar-refractivity contribution in [2.45, 2.75) is 38.5 Å². The summed E-state index contributed by atoms with van der Waals surface area (Å²) in [6.07, 6.45) is -3.04. The van der Waals surface area contributed by atoms with Crippen molar-refractivity contribution in [1.29, 1.82) is 0 Å². The maximum atomic E-state index is 12.6. The summed E-state index contributed by atoms with van der Waals surface area (Å²) in [5.41, 5.74) is 0.334. The summed E-state index contributed by atoms with van der Waals surface area (Å²) in [7, 11) is 0. The van der Waals surface area contributed by atoms with Gasteiger partial charge < -0.3 is 14.4 Å². The Morgan fingerprint density at radius 2 is 1.89 bits per heavy atom. The number of hydrogen-bond donors (Lipinski definition) is 0. The van der Waals surface area contributed by atoms with E-state index in [0.29, 0.717) is 25.3 Å². The van der Waals surface area contributed by atoms with E-state index in [1.165, 1.54) is 6.07 Å². The van der Waals surface area contributed by atoms with Crippen LogP contribution in [-0.4, -0.2) is 30.0 Å². The number of ether oxygens (including phenoxy) is 1. The average Bonchev–Trinajstić information content (AvgIpc) is 2.57. The first-order valence-electron chi connectivity index (χ1n) is 8.76. The number of anilines is 1. The number of benzene rings is 1. The van der Waals surface area contributed by atoms with Gasteiger partial charge in [0.25, 0.3) is 0 Å². The molecular weight excluding hydrogens is 357 g/mol. The average molecular weight is 378 g/mol. The number of halogens is 3. The quantitative estimate of drug-likeness (QED) is 0.745. The standard InChI is InChI=1S/C20H21F3N2O2/c1-13(9-14(2)26)15-3-6-17(7-4-15)27-18-11-25(12-18)19-8-5-16(10-24-19)20(21,22)23/h3-8,10,13,18H,9,11-12H2,1-2H3/t13-/m1/s1. The number of nitrogens with zero attached hydrogens (tertiary/aromatic N) is 2. The number of pyridine rings is 1. The molecule has 2 aromatic rings. The van der Waals surface area contributed by atoms with Crippen molar-refractivity contribution in [1.82, 2.24) is 4.98 Å². The molecule has 0 amide bonds. The molecular formula is C20H21F3N2O2. The fraction of sp³-hybridized carbons (Fsp3) is 0.400. The largest absolute Gasteiger partial charge is 0.487 e. The SMILES string of the molecule is CC(=O)C[C@@H](C)c1ccc(OC2CN(c3ccc(C(F)(F)F)cn3)C2)cc1. The van der Waals surface area contributed by atoms with Crippen LogP contribution in [0, 0.1) is 0 Å². The lowest BCUT2D eigenvalue weighted by molar-refractivity contribution is -0.137. The molecule has 1 saturated heterocycles. The second kappa shape index (κ2) is 7.58. The molecule has 4 nitrogen and oxygen atoms in total. The summed E-state index contributed by atoms with van der Waals surface area (Å²) in [5, 5.41) is 0. The van der Waals surface area contributed by atoms with E-state index in [4.69, 9.17) is 4.74 Å². The second-order valence-electron chi connectivity index (χ2n) is 6.92. The number of Topliss-reactive ketones (excluding diaryl/α,β-unsaturated/α-hetero) is 1. The Hall–Kier alpha value is -2.57. The van der Waals surface area contributed by atoms with Gasteiger partial charge in [0.1, 0.15) is 23.5 Å². The third-order valence-corrected chi connectivity index (χ3v) is 4.59. The van der Waals surface area contributed by atoms with Crippen LogP contribution in [0.4, 0.5) is 19.0 Å². The molecule has 1 aliphatic rings. The molecule has 1 aromatic heterocycles. The number of alkyl halides is 3. The smallest absolute Gasteiger partial charge is 0.417 e. The zero-order valence-corrected chi connectivity index (χ0v) is 15.2. The number of ketones is 1. The third kappa shape index (κ3) is 4.78. The highest BCUT2D eigenvalue weighted by Gasteiger charge is 2.33. The van der Waals surface area contributed by atoms with Gasteiger partial charge in [0.05, 0.1) is 18.7 Å². The third-order valence-electron chi connectivity index (χ3n) is 4.59. The van der Waals surface area contributed by atoms with Gasteiger partial charge in [0.15, 0.2) is 0 Å². The topological polar surface area (TPSA) is 42.4 Å². The Bertz CT molecular complexity index is 782. The lowest BCUT2D eigenvalue weighted by Gasteiger charge is -2.39. The van der Waals surface area contributed by atoms with Crippen LogP contribution in [0.1, 0.15) is 37.3 Å². The van der Waals surface area contributed by atoms with Gasteiger partial charge in [0.2, 0.25) is 0 Å². The molecule has 1 aromatic carbocycles. The van der Waals surface area contributed by atoms with E-state index < -0.39 is 11.7 Å². The molecule has 0 spiro atoms. The van der Waals surface area contributed by atoms with Crippen molar-refractivity contribution in [2.24, 2.45) is 0 Å². The van der Waals surface area contributed by atoms with E-state index in [9.17, 15) is 18.0 Å². The van der Waals surface area contributed by atoms with Gasteiger partial charge in [-0.25, -0.2) is 4.98 Å². The molecule has 0 radical (unpaired) electrons. The van der Waals surface area contributed by atoms with Gasteiger partial charge in [-0.1, -0.05) is 19.1 Å². The lowest BCUT2D eigenvalue weighted by Crippen LogP contribution is -2.54. The van der Waals surface area contributed by atoms with Crippen LogP contribution in [0.25, 0.3) is 0 Å². The lowest BCUT2D eigenvalue weighted by atomic mass is 9.96. The van der Waals surface area contributed by atoms with Crippen molar-refractivity contribution < 1.29 is 22.7 Å². The summed E-state index contributed by atoms with van der Waals surface area (Å²) in [4.78, 5) is 17.0. The predicted molar refractivity (Wildman–Crippen MR) is 96.0 cm³/mol. The van der Waals surface area contributed by atoms with E-state index in [0.717, 1.165) is 23.6 Å². The number of hydrogen-bond acceptors (Lipinski definition) is 4. The van der Waals surface area contributed by atoms with Crippen LogP contribution >= 0.6 is 0 Å². The highest BCUT2D eigenvalue weighted by Crippen LogP contribution is 2.30. The first-order chi connectivity index (χ1) is 12.7. The highest BCUT2D eigenvalue weighted by atomic mass is 19.4. The molecule has 1 aliphatic heterocycles. The monoisotopic (exact) mass is 378 g/mol. The van der Waals surface area contributed by atoms with E-state index >= 15 is 0 Å². The number of aromatic nitrogens is 1. The van der Waals surface area contributed by atoms with E-state index in [1.807, 2.05) is 36.1 Å². The number of carbonyl (C=O) groups excluding carboxylic acids is 1. The van der Waals surface area contributed by atoms with Crippen molar-refractivity contribution in [3.63, 3.8) is 0 Å². The van der Waals surface area contributed by atoms with E-state index in [-0.39, 0.29) is 17.8 Å². The van der Waals surface area contributed by atoms with Crippen LogP contribution in [-0.2, 0) is 11.0 Å². The molecule has 144 valence electrons. The van der Waals surface area contributed by atoms with Crippen molar-refractivity contribution in [2.75, 3.05) is 18.0 Å². The van der Waals surface area contributed by atoms with Crippen molar-refractivity contribution >= 4 is 11.6 Å². The molecule has 1 fully saturated rings. The number of rotatable bonds is 6. The van der Waals surface area contributed by atoms with Crippen molar-refractivity contribution in [3.05, 3.63) is 53.7 Å². The van der Waals surface area contributed by atoms with Gasteiger partial charge in [-0.15, -0.1) is 0 Å². The summed E-state index contributed by atoms with van der Waals surface area (Å²) in [5.74, 6) is 1.57. The van der Waals surface area contributed by atoms with Crippen LogP contribution in [0.15, 0.2) is 42.6 Å². The Morgan fingerprint density at radius 1 is 1.22 bits per heavy atom. The molecule has 2 heterocycles. The summed E-state index contributed by atoms with van der Waals surface area (Å²) in [6, 6.07) is 10.1. The second-order valence-corrected chi connectivity index (χ2v) is 6.92. The Balaban J connectivity index is 1.51. The Labute approximate surface area is 156 Å². The minimum absolute atomic E-state index is 0.0328. The summed E-state index contributed by atoms with van der Waals surface area (Å²) >= 11 is 0. The molecule has 0 aliphatic carbocycles. The van der Waals surface area contributed by atoms with Crippen LogP contribution in [0.2, 0.25) is 0 Å². The number of carbonyl (C=O) groups is 1. The zero-order chi connectivity index (χ0) is 19.6. The molecule has 0 N–H and O–H groups in total. The first kappa shape index (κ1) is 19.2. The van der Waals surface area contributed by atoms with Crippen molar-refractivity contribution in [3.8, 4) is 5.75 Å². The fourth-order valence-corrected chi connectivity index (χ4v) is 3.06. The molecule has 0 bridgehead atoms. The van der Waals surface area contributed by atoms with E-state index in [1.54, 1.807) is 6.92 Å². The molecule has 0 unspecified atom stereocenters. The Kier molecular flexibility index (Phi) is 5.39. The predicted octanol–water partition coefficient (Wildman–Crippen LogP) is 4.45. The maximum Gasteiger partial charge on any atom is 0.417 e. The maximum absolute atomic E-state index is 12.6. The highest BCUT2D eigenvalue weighted by molar-refractivity contribution is 5.76. The van der Waals surface area contributed by atoms with Crippen LogP contribution in [0.3, 0.4) is 0 Å². The van der Waals surface area contributed by atoms with Crippen LogP contribution in [0.5, 0.6) is 5.75 Å². The van der Waals surface area contributed by atoms with Gasteiger partial charge in [-0.3, -0.25) is 0 Å². The summed E-state index contributed by atoms with van der Waals surface area (Å²) < 4.78 is 43.6. The molecule has 1 atom stereocenters. The molecule has 3 rings (SSSR count). The van der Waals surface area contributed by atoms with Gasteiger partial charge in [-0.05, 0) is 42.7 Å². The molecule has 27 heavy (non-hydrogen) atoms. The molecule has 0 saturated carbocycles. The fourth-order valence-electron chi connectivity index (χ4n) is 3.06. The minimum atomic E-state index is -4.37. The minimum Gasteiger partial charge on any atom is -0.487 e. The summed E-state index contributed by atoms with van der Waals surface area (Å²) in [6.45, 7) is 4.74. The zero-order valence-electron chi connectivity index (χ0n) is 15.2. The normalized spacial score (nSPS) is 16.0. The molecule has 7 heteroatoms. The Morgan fingerprint density at radius 3 is 2.41 bits per heavy atom. The van der Waals surface area contributed by atoms with Gasteiger partial charge in [0, 0.05) is 12.6 Å². The van der Waals surface area contributed by atoms with Gasteiger partial charge in [-0.2, -0.15) is 13.2 Å².